The molecule has 0 spiro atoms. The molecule has 2 rings (SSSR count). The van der Waals surface area contributed by atoms with Crippen LogP contribution in [0.15, 0.2) is 16.9 Å². The highest BCUT2D eigenvalue weighted by molar-refractivity contribution is 9.10. The van der Waals surface area contributed by atoms with Gasteiger partial charge < -0.3 is 10.2 Å². The Labute approximate surface area is 110 Å². The quantitative estimate of drug-likeness (QED) is 0.898. The van der Waals surface area contributed by atoms with Crippen molar-refractivity contribution in [2.45, 2.75) is 6.04 Å². The number of aromatic nitrogens is 2. The highest BCUT2D eigenvalue weighted by Crippen LogP contribution is 2.16. The lowest BCUT2D eigenvalue weighted by molar-refractivity contribution is 0.443. The maximum Gasteiger partial charge on any atom is 0.225 e. The monoisotopic (exact) mass is 314 g/mol. The fourth-order valence-corrected chi connectivity index (χ4v) is 1.50. The lowest BCUT2D eigenvalue weighted by Crippen LogP contribution is -2.57. The summed E-state index contributed by atoms with van der Waals surface area (Å²) in [4.78, 5) is 10.6. The molecule has 0 saturated carbocycles. The van der Waals surface area contributed by atoms with Gasteiger partial charge in [-0.2, -0.15) is 0 Å². The highest BCUT2D eigenvalue weighted by Gasteiger charge is 2.26. The van der Waals surface area contributed by atoms with Gasteiger partial charge in [-0.3, -0.25) is 0 Å². The lowest BCUT2D eigenvalue weighted by atomic mass is 10.1. The first-order valence-electron chi connectivity index (χ1n) is 4.19. The summed E-state index contributed by atoms with van der Waals surface area (Å²) in [6, 6.07) is 0.590. The number of nitrogens with one attached hydrogen (secondary N) is 1. The van der Waals surface area contributed by atoms with E-state index >= 15 is 0 Å². The Balaban J connectivity index is 0.000000980. The smallest absolute Gasteiger partial charge is 0.225 e. The highest BCUT2D eigenvalue weighted by atomic mass is 79.9. The summed E-state index contributed by atoms with van der Waals surface area (Å²) in [6.07, 6.45) is 3.55. The van der Waals surface area contributed by atoms with Gasteiger partial charge in [0.05, 0.1) is 4.47 Å². The summed E-state index contributed by atoms with van der Waals surface area (Å²) >= 11 is 3.30. The molecule has 1 fully saturated rings. The second-order valence-electron chi connectivity index (χ2n) is 3.09. The van der Waals surface area contributed by atoms with E-state index in [-0.39, 0.29) is 24.8 Å². The van der Waals surface area contributed by atoms with Crippen LogP contribution in [-0.4, -0.2) is 36.1 Å². The molecule has 0 aliphatic carbocycles. The zero-order valence-electron chi connectivity index (χ0n) is 8.18. The first-order chi connectivity index (χ1) is 6.29. The van der Waals surface area contributed by atoms with Crippen molar-refractivity contribution in [2.75, 3.05) is 25.0 Å². The minimum Gasteiger partial charge on any atom is -0.338 e. The summed E-state index contributed by atoms with van der Waals surface area (Å²) in [5, 5.41) is 3.21. The van der Waals surface area contributed by atoms with Crippen molar-refractivity contribution in [1.82, 2.24) is 15.3 Å². The van der Waals surface area contributed by atoms with Crippen LogP contribution in [0.2, 0.25) is 0 Å². The van der Waals surface area contributed by atoms with Crippen molar-refractivity contribution in [1.29, 1.82) is 0 Å². The van der Waals surface area contributed by atoms with Crippen LogP contribution in [-0.2, 0) is 0 Å². The van der Waals surface area contributed by atoms with Crippen LogP contribution in [0.5, 0.6) is 0 Å². The third kappa shape index (κ3) is 3.45. The predicted molar refractivity (Wildman–Crippen MR) is 69.3 cm³/mol. The van der Waals surface area contributed by atoms with Crippen molar-refractivity contribution in [3.63, 3.8) is 0 Å². The summed E-state index contributed by atoms with van der Waals surface area (Å²) in [5.41, 5.74) is 0. The molecule has 86 valence electrons. The molecule has 4 nitrogen and oxygen atoms in total. The van der Waals surface area contributed by atoms with Gasteiger partial charge in [0, 0.05) is 31.5 Å². The Bertz CT molecular complexity index is 289. The topological polar surface area (TPSA) is 41.0 Å². The Morgan fingerprint density at radius 3 is 2.33 bits per heavy atom. The summed E-state index contributed by atoms with van der Waals surface area (Å²) in [5.74, 6) is 0.815. The van der Waals surface area contributed by atoms with Crippen molar-refractivity contribution >= 4 is 46.7 Å². The van der Waals surface area contributed by atoms with Crippen molar-refractivity contribution < 1.29 is 0 Å². The number of hydrogen-bond acceptors (Lipinski definition) is 4. The third-order valence-electron chi connectivity index (χ3n) is 2.18. The fourth-order valence-electron chi connectivity index (χ4n) is 1.29. The summed E-state index contributed by atoms with van der Waals surface area (Å²) < 4.78 is 0.918. The number of rotatable bonds is 2. The molecule has 1 aromatic heterocycles. The zero-order valence-corrected chi connectivity index (χ0v) is 11.4. The second-order valence-corrected chi connectivity index (χ2v) is 4.01. The minimum atomic E-state index is 0. The van der Waals surface area contributed by atoms with E-state index in [2.05, 4.69) is 36.1 Å². The first kappa shape index (κ1) is 14.9. The molecule has 1 aromatic rings. The largest absolute Gasteiger partial charge is 0.338 e. The molecular weight excluding hydrogens is 303 g/mol. The normalized spacial score (nSPS) is 14.9. The van der Waals surface area contributed by atoms with E-state index in [1.165, 1.54) is 0 Å². The predicted octanol–water partition coefficient (Wildman–Crippen LogP) is 1.49. The molecule has 15 heavy (non-hydrogen) atoms. The zero-order chi connectivity index (χ0) is 9.26. The standard InChI is InChI=1S/C8H11BrN4.2ClH/c1-10-7-4-13(5-7)8-11-2-6(9)3-12-8;;/h2-3,7,10H,4-5H2,1H3;2*1H. The SMILES string of the molecule is CNC1CN(c2ncc(Br)cn2)C1.Cl.Cl. The van der Waals surface area contributed by atoms with E-state index in [1.807, 2.05) is 7.05 Å². The van der Waals surface area contributed by atoms with E-state index in [9.17, 15) is 0 Å². The van der Waals surface area contributed by atoms with Gasteiger partial charge in [0.2, 0.25) is 5.95 Å². The molecule has 7 heteroatoms. The number of likely N-dealkylation sites (N-methyl/N-ethyl adjacent to an activating group) is 1. The summed E-state index contributed by atoms with van der Waals surface area (Å²) in [7, 11) is 1.98. The number of nitrogens with zero attached hydrogens (tertiary/aromatic N) is 3. The van der Waals surface area contributed by atoms with Gasteiger partial charge in [0.15, 0.2) is 0 Å². The molecule has 0 unspecified atom stereocenters. The molecule has 0 atom stereocenters. The van der Waals surface area contributed by atoms with Crippen LogP contribution in [0.25, 0.3) is 0 Å². The van der Waals surface area contributed by atoms with Gasteiger partial charge in [-0.15, -0.1) is 24.8 Å². The van der Waals surface area contributed by atoms with E-state index in [0.29, 0.717) is 6.04 Å². The van der Waals surface area contributed by atoms with Crippen LogP contribution in [0, 0.1) is 0 Å². The number of anilines is 1. The number of hydrogen-bond donors (Lipinski definition) is 1. The van der Waals surface area contributed by atoms with Gasteiger partial charge in [0.1, 0.15) is 0 Å². The molecule has 2 heterocycles. The second kappa shape index (κ2) is 6.48. The molecule has 1 saturated heterocycles. The lowest BCUT2D eigenvalue weighted by Gasteiger charge is -2.38. The van der Waals surface area contributed by atoms with Gasteiger partial charge in [-0.1, -0.05) is 0 Å². The maximum atomic E-state index is 4.21. The maximum absolute atomic E-state index is 4.21. The fraction of sp³-hybridized carbons (Fsp3) is 0.500. The Kier molecular flexibility index (Phi) is 6.43. The molecule has 0 radical (unpaired) electrons. The Morgan fingerprint density at radius 1 is 1.33 bits per heavy atom. The van der Waals surface area contributed by atoms with Crippen LogP contribution in [0.3, 0.4) is 0 Å². The molecular formula is C8H13BrCl2N4. The summed E-state index contributed by atoms with van der Waals surface area (Å²) in [6.45, 7) is 2.00. The Hall–Kier alpha value is -0.100. The van der Waals surface area contributed by atoms with Crippen LogP contribution in [0.1, 0.15) is 0 Å². The van der Waals surface area contributed by atoms with Crippen molar-refractivity contribution in [3.05, 3.63) is 16.9 Å². The average Bonchev–Trinajstić information content (AvgIpc) is 2.06. The van der Waals surface area contributed by atoms with Gasteiger partial charge in [0.25, 0.3) is 0 Å². The van der Waals surface area contributed by atoms with Crippen LogP contribution < -0.4 is 10.2 Å². The molecule has 0 bridgehead atoms. The van der Waals surface area contributed by atoms with E-state index < -0.39 is 0 Å². The van der Waals surface area contributed by atoms with Crippen LogP contribution >= 0.6 is 40.7 Å². The molecule has 0 aromatic carbocycles. The van der Waals surface area contributed by atoms with E-state index in [0.717, 1.165) is 23.5 Å². The Morgan fingerprint density at radius 2 is 1.87 bits per heavy atom. The van der Waals surface area contributed by atoms with E-state index in [4.69, 9.17) is 0 Å². The molecule has 0 amide bonds. The van der Waals surface area contributed by atoms with Crippen molar-refractivity contribution in [3.8, 4) is 0 Å². The molecule has 1 aliphatic heterocycles. The third-order valence-corrected chi connectivity index (χ3v) is 2.59. The minimum absolute atomic E-state index is 0. The first-order valence-corrected chi connectivity index (χ1v) is 4.98. The van der Waals surface area contributed by atoms with Crippen LogP contribution in [0.4, 0.5) is 5.95 Å². The van der Waals surface area contributed by atoms with Gasteiger partial charge in [-0.25, -0.2) is 9.97 Å². The average molecular weight is 316 g/mol. The van der Waals surface area contributed by atoms with Gasteiger partial charge in [-0.05, 0) is 23.0 Å². The molecule has 1 N–H and O–H groups in total. The number of halogens is 3. The van der Waals surface area contributed by atoms with Gasteiger partial charge >= 0.3 is 0 Å². The van der Waals surface area contributed by atoms with Crippen molar-refractivity contribution in [2.24, 2.45) is 0 Å². The van der Waals surface area contributed by atoms with E-state index in [1.54, 1.807) is 12.4 Å². The molecule has 1 aliphatic rings.